The average Bonchev–Trinajstić information content (AvgIpc) is 2.65. The van der Waals surface area contributed by atoms with Gasteiger partial charge in [0.1, 0.15) is 0 Å². The minimum absolute atomic E-state index is 0.0202. The van der Waals surface area contributed by atoms with Crippen molar-refractivity contribution in [2.75, 3.05) is 26.3 Å². The van der Waals surface area contributed by atoms with E-state index in [1.165, 1.54) is 0 Å². The van der Waals surface area contributed by atoms with Crippen molar-refractivity contribution in [2.45, 2.75) is 31.6 Å². The number of nitrogens with zero attached hydrogens (tertiary/aromatic N) is 1. The van der Waals surface area contributed by atoms with Gasteiger partial charge in [-0.15, -0.1) is 0 Å². The maximum Gasteiger partial charge on any atom is 0.239 e. The summed E-state index contributed by atoms with van der Waals surface area (Å²) in [5.74, 6) is -0.559. The van der Waals surface area contributed by atoms with Crippen molar-refractivity contribution in [2.24, 2.45) is 5.73 Å². The largest absolute Gasteiger partial charge is 0.346 e. The first-order valence-electron chi connectivity index (χ1n) is 5.45. The lowest BCUT2D eigenvalue weighted by Gasteiger charge is -2.39. The number of rotatable bonds is 1. The van der Waals surface area contributed by atoms with Gasteiger partial charge in [0.05, 0.1) is 25.8 Å². The number of amides is 1. The van der Waals surface area contributed by atoms with Crippen LogP contribution in [0.1, 0.15) is 19.8 Å². The normalized spacial score (nSPS) is 26.9. The molecule has 0 aromatic carbocycles. The molecular formula is C10H18N2O3. The highest BCUT2D eigenvalue weighted by Crippen LogP contribution is 2.30. The Morgan fingerprint density at radius 2 is 2.13 bits per heavy atom. The molecule has 0 aliphatic carbocycles. The van der Waals surface area contributed by atoms with Gasteiger partial charge in [-0.25, -0.2) is 0 Å². The second kappa shape index (κ2) is 4.08. The fraction of sp³-hybridized carbons (Fsp3) is 0.900. The van der Waals surface area contributed by atoms with Crippen LogP contribution in [-0.4, -0.2) is 48.9 Å². The van der Waals surface area contributed by atoms with Gasteiger partial charge in [-0.05, 0) is 13.3 Å². The lowest BCUT2D eigenvalue weighted by atomic mass is 10.0. The van der Waals surface area contributed by atoms with E-state index in [9.17, 15) is 4.79 Å². The predicted octanol–water partition coefficient (Wildman–Crippen LogP) is -0.301. The van der Waals surface area contributed by atoms with E-state index in [1.54, 1.807) is 11.8 Å². The topological polar surface area (TPSA) is 64.8 Å². The lowest BCUT2D eigenvalue weighted by Crippen LogP contribution is -2.54. The molecule has 5 nitrogen and oxygen atoms in total. The van der Waals surface area contributed by atoms with Crippen molar-refractivity contribution in [3.63, 3.8) is 0 Å². The molecule has 1 unspecified atom stereocenters. The van der Waals surface area contributed by atoms with Crippen molar-refractivity contribution in [3.8, 4) is 0 Å². The van der Waals surface area contributed by atoms with Gasteiger partial charge in [0.25, 0.3) is 0 Å². The highest BCUT2D eigenvalue weighted by molar-refractivity contribution is 5.81. The Labute approximate surface area is 89.5 Å². The third-order valence-electron chi connectivity index (χ3n) is 2.93. The molecule has 5 heteroatoms. The molecule has 15 heavy (non-hydrogen) atoms. The number of carbonyl (C=O) groups is 1. The van der Waals surface area contributed by atoms with E-state index in [2.05, 4.69) is 0 Å². The van der Waals surface area contributed by atoms with Crippen molar-refractivity contribution in [1.29, 1.82) is 0 Å². The number of carbonyl (C=O) groups excluding carboxylic acids is 1. The minimum Gasteiger partial charge on any atom is -0.346 e. The van der Waals surface area contributed by atoms with Gasteiger partial charge in [0.2, 0.25) is 5.91 Å². The number of hydrogen-bond acceptors (Lipinski definition) is 4. The molecule has 2 N–H and O–H groups in total. The van der Waals surface area contributed by atoms with E-state index in [0.717, 1.165) is 19.4 Å². The van der Waals surface area contributed by atoms with Gasteiger partial charge >= 0.3 is 0 Å². The molecule has 0 aromatic heterocycles. The molecule has 0 aromatic rings. The van der Waals surface area contributed by atoms with Crippen LogP contribution in [0.15, 0.2) is 0 Å². The molecule has 2 heterocycles. The Hall–Kier alpha value is -0.650. The van der Waals surface area contributed by atoms with Crippen LogP contribution in [0.5, 0.6) is 0 Å². The molecule has 0 radical (unpaired) electrons. The van der Waals surface area contributed by atoms with Gasteiger partial charge in [0, 0.05) is 13.0 Å². The summed E-state index contributed by atoms with van der Waals surface area (Å²) in [5.41, 5.74) is 5.58. The van der Waals surface area contributed by atoms with Crippen molar-refractivity contribution in [1.82, 2.24) is 4.90 Å². The van der Waals surface area contributed by atoms with Crippen molar-refractivity contribution >= 4 is 5.91 Å². The van der Waals surface area contributed by atoms with Gasteiger partial charge < -0.3 is 20.1 Å². The lowest BCUT2D eigenvalue weighted by molar-refractivity contribution is -0.193. The first-order valence-corrected chi connectivity index (χ1v) is 5.45. The maximum atomic E-state index is 11.7. The molecule has 2 aliphatic rings. The zero-order valence-corrected chi connectivity index (χ0v) is 9.07. The van der Waals surface area contributed by atoms with Crippen LogP contribution < -0.4 is 5.73 Å². The number of hydrogen-bond donors (Lipinski definition) is 1. The Bertz CT molecular complexity index is 249. The molecule has 2 rings (SSSR count). The Morgan fingerprint density at radius 1 is 1.47 bits per heavy atom. The summed E-state index contributed by atoms with van der Waals surface area (Å²) in [4.78, 5) is 13.5. The highest BCUT2D eigenvalue weighted by atomic mass is 16.7. The fourth-order valence-electron chi connectivity index (χ4n) is 2.20. The fourth-order valence-corrected chi connectivity index (χ4v) is 2.20. The summed E-state index contributed by atoms with van der Waals surface area (Å²) in [5, 5.41) is 0. The standard InChI is InChI=1S/C10H18N2O3/c1-8(11)9(13)12-4-2-3-10(7-12)14-5-6-15-10/h8H,2-7,11H2,1H3. The van der Waals surface area contributed by atoms with E-state index in [0.29, 0.717) is 19.8 Å². The molecule has 2 saturated heterocycles. The SMILES string of the molecule is CC(N)C(=O)N1CCCC2(C1)OCCO2. The summed E-state index contributed by atoms with van der Waals surface area (Å²) < 4.78 is 11.2. The van der Waals surface area contributed by atoms with Crippen molar-refractivity contribution in [3.05, 3.63) is 0 Å². The minimum atomic E-state index is -0.539. The number of piperidine rings is 1. The van der Waals surface area contributed by atoms with E-state index >= 15 is 0 Å². The van der Waals surface area contributed by atoms with Crippen LogP contribution in [0.25, 0.3) is 0 Å². The van der Waals surface area contributed by atoms with Crippen LogP contribution in [-0.2, 0) is 14.3 Å². The van der Waals surface area contributed by atoms with Gasteiger partial charge in [-0.3, -0.25) is 4.79 Å². The second-order valence-corrected chi connectivity index (χ2v) is 4.26. The average molecular weight is 214 g/mol. The summed E-state index contributed by atoms with van der Waals surface area (Å²) in [6.07, 6.45) is 1.79. The van der Waals surface area contributed by atoms with E-state index in [1.807, 2.05) is 0 Å². The number of likely N-dealkylation sites (tertiary alicyclic amines) is 1. The summed E-state index contributed by atoms with van der Waals surface area (Å²) in [6, 6.07) is -0.443. The van der Waals surface area contributed by atoms with Crippen LogP contribution in [0.4, 0.5) is 0 Å². The van der Waals surface area contributed by atoms with Crippen LogP contribution in [0.3, 0.4) is 0 Å². The van der Waals surface area contributed by atoms with Crippen molar-refractivity contribution < 1.29 is 14.3 Å². The molecule has 0 bridgehead atoms. The quantitative estimate of drug-likeness (QED) is 0.651. The third-order valence-corrected chi connectivity index (χ3v) is 2.93. The van der Waals surface area contributed by atoms with Crippen LogP contribution >= 0.6 is 0 Å². The van der Waals surface area contributed by atoms with E-state index in [-0.39, 0.29) is 5.91 Å². The molecule has 86 valence electrons. The molecule has 0 saturated carbocycles. The summed E-state index contributed by atoms with van der Waals surface area (Å²) in [7, 11) is 0. The molecule has 1 amide bonds. The van der Waals surface area contributed by atoms with Crippen LogP contribution in [0.2, 0.25) is 0 Å². The number of ether oxygens (including phenoxy) is 2. The zero-order chi connectivity index (χ0) is 10.9. The van der Waals surface area contributed by atoms with E-state index < -0.39 is 11.8 Å². The van der Waals surface area contributed by atoms with Gasteiger partial charge in [0.15, 0.2) is 5.79 Å². The Morgan fingerprint density at radius 3 is 2.73 bits per heavy atom. The molecular weight excluding hydrogens is 196 g/mol. The zero-order valence-electron chi connectivity index (χ0n) is 9.07. The first-order chi connectivity index (χ1) is 7.13. The van der Waals surface area contributed by atoms with E-state index in [4.69, 9.17) is 15.2 Å². The van der Waals surface area contributed by atoms with Gasteiger partial charge in [-0.2, -0.15) is 0 Å². The first kappa shape index (κ1) is 10.9. The molecule has 2 aliphatic heterocycles. The molecule has 2 fully saturated rings. The maximum absolute atomic E-state index is 11.7. The van der Waals surface area contributed by atoms with Crippen LogP contribution in [0, 0.1) is 0 Å². The number of nitrogens with two attached hydrogens (primary N) is 1. The highest BCUT2D eigenvalue weighted by Gasteiger charge is 2.42. The summed E-state index contributed by atoms with van der Waals surface area (Å²) in [6.45, 7) is 4.24. The Balaban J connectivity index is 2.00. The monoisotopic (exact) mass is 214 g/mol. The molecule has 1 spiro atoms. The second-order valence-electron chi connectivity index (χ2n) is 4.26. The molecule has 1 atom stereocenters. The van der Waals surface area contributed by atoms with Gasteiger partial charge in [-0.1, -0.05) is 0 Å². The third kappa shape index (κ3) is 2.14. The summed E-state index contributed by atoms with van der Waals surface area (Å²) >= 11 is 0. The smallest absolute Gasteiger partial charge is 0.239 e. The Kier molecular flexibility index (Phi) is 2.95. The predicted molar refractivity (Wildman–Crippen MR) is 54.1 cm³/mol.